The molecule has 1 N–H and O–H groups in total. The maximum absolute atomic E-state index is 12.5. The van der Waals surface area contributed by atoms with E-state index in [9.17, 15) is 4.79 Å². The van der Waals surface area contributed by atoms with Crippen molar-refractivity contribution in [3.63, 3.8) is 0 Å². The molecule has 1 amide bonds. The van der Waals surface area contributed by atoms with Crippen LogP contribution in [0.1, 0.15) is 40.4 Å². The summed E-state index contributed by atoms with van der Waals surface area (Å²) >= 11 is 0. The Hall–Kier alpha value is -2.43. The normalized spacial score (nSPS) is 14.1. The summed E-state index contributed by atoms with van der Waals surface area (Å²) in [6, 6.07) is 8.02. The lowest BCUT2D eigenvalue weighted by Gasteiger charge is -2.18. The minimum Gasteiger partial charge on any atom is -0.372 e. The van der Waals surface area contributed by atoms with Gasteiger partial charge in [0, 0.05) is 24.5 Å². The highest BCUT2D eigenvalue weighted by molar-refractivity contribution is 6.05. The first-order valence-electron chi connectivity index (χ1n) is 8.03. The number of benzene rings is 1. The topological polar surface area (TPSA) is 58.1 Å². The third kappa shape index (κ3) is 3.33. The summed E-state index contributed by atoms with van der Waals surface area (Å²) in [6.45, 7) is 7.74. The lowest BCUT2D eigenvalue weighted by Crippen LogP contribution is -2.18. The number of amides is 1. The number of rotatable bonds is 3. The van der Waals surface area contributed by atoms with Gasteiger partial charge in [-0.25, -0.2) is 9.97 Å². The molecular weight excluding hydrogens is 288 g/mol. The smallest absolute Gasteiger partial charge is 0.259 e. The molecule has 2 heterocycles. The first-order valence-corrected chi connectivity index (χ1v) is 8.03. The Morgan fingerprint density at radius 3 is 2.13 bits per heavy atom. The summed E-state index contributed by atoms with van der Waals surface area (Å²) in [4.78, 5) is 23.4. The van der Waals surface area contributed by atoms with Gasteiger partial charge in [-0.3, -0.25) is 4.79 Å². The number of aromatic nitrogens is 2. The predicted molar refractivity (Wildman–Crippen MR) is 92.1 cm³/mol. The summed E-state index contributed by atoms with van der Waals surface area (Å²) < 4.78 is 0. The highest BCUT2D eigenvalue weighted by Crippen LogP contribution is 2.22. The summed E-state index contributed by atoms with van der Waals surface area (Å²) in [5.74, 6) is 0.528. The Labute approximate surface area is 136 Å². The van der Waals surface area contributed by atoms with Crippen molar-refractivity contribution in [3.05, 3.63) is 47.0 Å². The summed E-state index contributed by atoms with van der Waals surface area (Å²) in [5.41, 5.74) is 3.98. The molecule has 1 fully saturated rings. The molecule has 5 heteroatoms. The monoisotopic (exact) mass is 310 g/mol. The SMILES string of the molecule is Cc1nc(C)c(C(=O)Nc2ccc(N3CCCC3)cc2)c(C)n1. The van der Waals surface area contributed by atoms with E-state index < -0.39 is 0 Å². The van der Waals surface area contributed by atoms with Crippen LogP contribution in [-0.4, -0.2) is 29.0 Å². The quantitative estimate of drug-likeness (QED) is 0.945. The minimum absolute atomic E-state index is 0.158. The van der Waals surface area contributed by atoms with Gasteiger partial charge >= 0.3 is 0 Å². The summed E-state index contributed by atoms with van der Waals surface area (Å²) in [7, 11) is 0. The lowest BCUT2D eigenvalue weighted by molar-refractivity contribution is 0.102. The van der Waals surface area contributed by atoms with Crippen LogP contribution < -0.4 is 10.2 Å². The van der Waals surface area contributed by atoms with Gasteiger partial charge in [0.05, 0.1) is 17.0 Å². The molecule has 1 aromatic carbocycles. The number of aryl methyl sites for hydroxylation is 3. The second-order valence-corrected chi connectivity index (χ2v) is 6.01. The predicted octanol–water partition coefficient (Wildman–Crippen LogP) is 3.25. The molecule has 1 aliphatic heterocycles. The van der Waals surface area contributed by atoms with E-state index in [-0.39, 0.29) is 5.91 Å². The van der Waals surface area contributed by atoms with Crippen LogP contribution in [0.25, 0.3) is 0 Å². The average Bonchev–Trinajstić information content (AvgIpc) is 3.01. The van der Waals surface area contributed by atoms with Crippen molar-refractivity contribution >= 4 is 17.3 Å². The second-order valence-electron chi connectivity index (χ2n) is 6.01. The zero-order valence-electron chi connectivity index (χ0n) is 13.9. The molecule has 120 valence electrons. The van der Waals surface area contributed by atoms with Crippen LogP contribution >= 0.6 is 0 Å². The zero-order chi connectivity index (χ0) is 16.4. The van der Waals surface area contributed by atoms with Gasteiger partial charge in [0.2, 0.25) is 0 Å². The van der Waals surface area contributed by atoms with E-state index in [1.807, 2.05) is 32.9 Å². The van der Waals surface area contributed by atoms with Gasteiger partial charge < -0.3 is 10.2 Å². The van der Waals surface area contributed by atoms with E-state index in [1.165, 1.54) is 18.5 Å². The molecule has 0 radical (unpaired) electrons. The van der Waals surface area contributed by atoms with E-state index in [0.29, 0.717) is 22.8 Å². The van der Waals surface area contributed by atoms with Gasteiger partial charge in [-0.15, -0.1) is 0 Å². The molecule has 3 rings (SSSR count). The molecule has 1 aromatic heterocycles. The standard InChI is InChI=1S/C18H22N4O/c1-12-17(13(2)20-14(3)19-12)18(23)21-15-6-8-16(9-7-15)22-10-4-5-11-22/h6-9H,4-5,10-11H2,1-3H3,(H,21,23). The minimum atomic E-state index is -0.158. The molecule has 0 saturated carbocycles. The highest BCUT2D eigenvalue weighted by Gasteiger charge is 2.16. The first-order chi connectivity index (χ1) is 11.0. The fourth-order valence-electron chi connectivity index (χ4n) is 3.14. The van der Waals surface area contributed by atoms with Crippen molar-refractivity contribution in [1.82, 2.24) is 9.97 Å². The Balaban J connectivity index is 1.75. The molecule has 2 aromatic rings. The zero-order valence-corrected chi connectivity index (χ0v) is 13.9. The van der Waals surface area contributed by atoms with Crippen LogP contribution in [0.5, 0.6) is 0 Å². The van der Waals surface area contributed by atoms with Crippen LogP contribution in [-0.2, 0) is 0 Å². The molecule has 1 saturated heterocycles. The molecule has 0 aliphatic carbocycles. The lowest BCUT2D eigenvalue weighted by atomic mass is 10.1. The average molecular weight is 310 g/mol. The molecular formula is C18H22N4O. The maximum atomic E-state index is 12.5. The van der Waals surface area contributed by atoms with Crippen molar-refractivity contribution < 1.29 is 4.79 Å². The fraction of sp³-hybridized carbons (Fsp3) is 0.389. The first kappa shape index (κ1) is 15.5. The van der Waals surface area contributed by atoms with E-state index in [0.717, 1.165) is 18.8 Å². The number of nitrogens with one attached hydrogen (secondary N) is 1. The largest absolute Gasteiger partial charge is 0.372 e. The summed E-state index contributed by atoms with van der Waals surface area (Å²) in [5, 5.41) is 2.94. The molecule has 5 nitrogen and oxygen atoms in total. The van der Waals surface area contributed by atoms with E-state index >= 15 is 0 Å². The van der Waals surface area contributed by atoms with Crippen LogP contribution in [0.3, 0.4) is 0 Å². The number of nitrogens with zero attached hydrogens (tertiary/aromatic N) is 3. The van der Waals surface area contributed by atoms with E-state index in [1.54, 1.807) is 0 Å². The molecule has 1 aliphatic rings. The number of carbonyl (C=O) groups is 1. The Morgan fingerprint density at radius 1 is 1.00 bits per heavy atom. The summed E-state index contributed by atoms with van der Waals surface area (Å²) in [6.07, 6.45) is 2.51. The number of hydrogen-bond acceptors (Lipinski definition) is 4. The molecule has 0 unspecified atom stereocenters. The van der Waals surface area contributed by atoms with Crippen LogP contribution in [0, 0.1) is 20.8 Å². The van der Waals surface area contributed by atoms with Crippen molar-refractivity contribution in [2.75, 3.05) is 23.3 Å². The van der Waals surface area contributed by atoms with Crippen molar-refractivity contribution in [2.45, 2.75) is 33.6 Å². The van der Waals surface area contributed by atoms with Gasteiger partial charge in [0.25, 0.3) is 5.91 Å². The molecule has 0 bridgehead atoms. The van der Waals surface area contributed by atoms with Crippen LogP contribution in [0.4, 0.5) is 11.4 Å². The number of anilines is 2. The van der Waals surface area contributed by atoms with Gasteiger partial charge in [0.1, 0.15) is 5.82 Å². The van der Waals surface area contributed by atoms with Crippen molar-refractivity contribution in [2.24, 2.45) is 0 Å². The fourth-order valence-corrected chi connectivity index (χ4v) is 3.14. The third-order valence-electron chi connectivity index (χ3n) is 4.21. The van der Waals surface area contributed by atoms with Gasteiger partial charge in [-0.1, -0.05) is 0 Å². The van der Waals surface area contributed by atoms with Crippen molar-refractivity contribution in [3.8, 4) is 0 Å². The third-order valence-corrected chi connectivity index (χ3v) is 4.21. The van der Waals surface area contributed by atoms with Crippen LogP contribution in [0.15, 0.2) is 24.3 Å². The van der Waals surface area contributed by atoms with Gasteiger partial charge in [-0.05, 0) is 57.9 Å². The molecule has 23 heavy (non-hydrogen) atoms. The van der Waals surface area contributed by atoms with Gasteiger partial charge in [-0.2, -0.15) is 0 Å². The van der Waals surface area contributed by atoms with E-state index in [4.69, 9.17) is 0 Å². The maximum Gasteiger partial charge on any atom is 0.259 e. The second kappa shape index (κ2) is 6.36. The van der Waals surface area contributed by atoms with E-state index in [2.05, 4.69) is 32.3 Å². The highest BCUT2D eigenvalue weighted by atomic mass is 16.1. The van der Waals surface area contributed by atoms with Crippen LogP contribution in [0.2, 0.25) is 0 Å². The molecule has 0 spiro atoms. The molecule has 0 atom stereocenters. The van der Waals surface area contributed by atoms with Crippen molar-refractivity contribution in [1.29, 1.82) is 0 Å². The number of hydrogen-bond donors (Lipinski definition) is 1. The number of carbonyl (C=O) groups excluding carboxylic acids is 1. The Bertz CT molecular complexity index is 695. The Kier molecular flexibility index (Phi) is 4.28. The van der Waals surface area contributed by atoms with Gasteiger partial charge in [0.15, 0.2) is 0 Å². The Morgan fingerprint density at radius 2 is 1.57 bits per heavy atom.